The molecule has 0 bridgehead atoms. The summed E-state index contributed by atoms with van der Waals surface area (Å²) in [5.74, 6) is 0. The van der Waals surface area contributed by atoms with Gasteiger partial charge in [-0.2, -0.15) is 5.26 Å². The Hall–Kier alpha value is -0.810. The molecule has 1 aliphatic rings. The van der Waals surface area contributed by atoms with Gasteiger partial charge in [-0.3, -0.25) is 0 Å². The van der Waals surface area contributed by atoms with E-state index in [1.165, 1.54) is 5.57 Å². The van der Waals surface area contributed by atoms with Crippen molar-refractivity contribution < 1.29 is 4.74 Å². The highest BCUT2D eigenvalue weighted by molar-refractivity contribution is 5.08. The predicted molar refractivity (Wildman–Crippen MR) is 38.4 cm³/mol. The normalized spacial score (nSPS) is 18.9. The molecule has 0 atom stereocenters. The average Bonchev–Trinajstić information content (AvgIpc) is 2.17. The van der Waals surface area contributed by atoms with Crippen LogP contribution in [-0.2, 0) is 4.74 Å². The fourth-order valence-electron chi connectivity index (χ4n) is 1.03. The molecule has 1 heterocycles. The molecule has 0 aromatic heterocycles. The molecule has 0 radical (unpaired) electrons. The van der Waals surface area contributed by atoms with Crippen LogP contribution in [-0.4, -0.2) is 13.2 Å². The Morgan fingerprint density at radius 3 is 3.40 bits per heavy atom. The first-order valence-electron chi connectivity index (χ1n) is 3.56. The molecule has 0 spiro atoms. The third-order valence-corrected chi connectivity index (χ3v) is 1.58. The van der Waals surface area contributed by atoms with E-state index in [9.17, 15) is 0 Å². The first-order valence-corrected chi connectivity index (χ1v) is 3.56. The summed E-state index contributed by atoms with van der Waals surface area (Å²) in [6.45, 7) is 1.53. The molecule has 0 aromatic rings. The Morgan fingerprint density at radius 1 is 1.70 bits per heavy atom. The van der Waals surface area contributed by atoms with Crippen LogP contribution in [0.2, 0.25) is 0 Å². The summed E-state index contributed by atoms with van der Waals surface area (Å²) >= 11 is 0. The molecule has 2 nitrogen and oxygen atoms in total. The van der Waals surface area contributed by atoms with Gasteiger partial charge in [-0.15, -0.1) is 0 Å². The van der Waals surface area contributed by atoms with Crippen LogP contribution < -0.4 is 0 Å². The van der Waals surface area contributed by atoms with Crippen LogP contribution in [0.3, 0.4) is 0 Å². The number of hydrogen-bond acceptors (Lipinski definition) is 2. The van der Waals surface area contributed by atoms with Gasteiger partial charge in [0, 0.05) is 6.61 Å². The SMILES string of the molecule is N#CCC1=CCOCCC1. The lowest BCUT2D eigenvalue weighted by atomic mass is 10.1. The smallest absolute Gasteiger partial charge is 0.0666 e. The summed E-state index contributed by atoms with van der Waals surface area (Å²) < 4.78 is 5.19. The Bertz CT molecular complexity index is 167. The number of ether oxygens (including phenoxy) is 1. The van der Waals surface area contributed by atoms with E-state index in [1.54, 1.807) is 0 Å². The summed E-state index contributed by atoms with van der Waals surface area (Å²) in [6.07, 6.45) is 4.70. The average molecular weight is 137 g/mol. The molecule has 0 aromatic carbocycles. The van der Waals surface area contributed by atoms with E-state index in [2.05, 4.69) is 6.07 Å². The Morgan fingerprint density at radius 2 is 2.60 bits per heavy atom. The van der Waals surface area contributed by atoms with Crippen LogP contribution in [0.4, 0.5) is 0 Å². The van der Waals surface area contributed by atoms with Crippen LogP contribution in [0.25, 0.3) is 0 Å². The van der Waals surface area contributed by atoms with Crippen molar-refractivity contribution in [2.75, 3.05) is 13.2 Å². The van der Waals surface area contributed by atoms with Gasteiger partial charge in [0.25, 0.3) is 0 Å². The molecule has 0 N–H and O–H groups in total. The van der Waals surface area contributed by atoms with Gasteiger partial charge in [-0.05, 0) is 12.8 Å². The molecule has 54 valence electrons. The zero-order valence-corrected chi connectivity index (χ0v) is 5.97. The first-order chi connectivity index (χ1) is 4.93. The van der Waals surface area contributed by atoms with Gasteiger partial charge in [0.2, 0.25) is 0 Å². The van der Waals surface area contributed by atoms with E-state index in [4.69, 9.17) is 10.00 Å². The number of allylic oxidation sites excluding steroid dienone is 1. The summed E-state index contributed by atoms with van der Waals surface area (Å²) in [5.41, 5.74) is 1.24. The van der Waals surface area contributed by atoms with Crippen LogP contribution in [0.1, 0.15) is 19.3 Å². The van der Waals surface area contributed by atoms with E-state index in [0.29, 0.717) is 13.0 Å². The molecule has 10 heavy (non-hydrogen) atoms. The van der Waals surface area contributed by atoms with E-state index < -0.39 is 0 Å². The van der Waals surface area contributed by atoms with Gasteiger partial charge in [-0.1, -0.05) is 11.6 Å². The monoisotopic (exact) mass is 137 g/mol. The van der Waals surface area contributed by atoms with Gasteiger partial charge in [-0.25, -0.2) is 0 Å². The minimum atomic E-state index is 0.573. The zero-order valence-electron chi connectivity index (χ0n) is 5.97. The molecule has 0 aliphatic carbocycles. The molecule has 1 aliphatic heterocycles. The highest BCUT2D eigenvalue weighted by Crippen LogP contribution is 2.11. The lowest BCUT2D eigenvalue weighted by Gasteiger charge is -1.94. The fourth-order valence-corrected chi connectivity index (χ4v) is 1.03. The first kappa shape index (κ1) is 7.30. The standard InChI is InChI=1S/C8H11NO/c9-5-3-8-2-1-6-10-7-4-8/h4H,1-3,6-7H2. The fraction of sp³-hybridized carbons (Fsp3) is 0.625. The third-order valence-electron chi connectivity index (χ3n) is 1.58. The van der Waals surface area contributed by atoms with E-state index in [-0.39, 0.29) is 0 Å². The maximum absolute atomic E-state index is 8.38. The van der Waals surface area contributed by atoms with E-state index >= 15 is 0 Å². The van der Waals surface area contributed by atoms with E-state index in [0.717, 1.165) is 19.4 Å². The molecule has 0 fully saturated rings. The van der Waals surface area contributed by atoms with Crippen molar-refractivity contribution in [1.82, 2.24) is 0 Å². The number of nitriles is 1. The van der Waals surface area contributed by atoms with Crippen molar-refractivity contribution in [3.05, 3.63) is 11.6 Å². The van der Waals surface area contributed by atoms with Crippen molar-refractivity contribution in [3.63, 3.8) is 0 Å². The number of nitrogens with zero attached hydrogens (tertiary/aromatic N) is 1. The second-order valence-corrected chi connectivity index (χ2v) is 2.38. The highest BCUT2D eigenvalue weighted by atomic mass is 16.5. The molecule has 1 rings (SSSR count). The summed E-state index contributed by atoms with van der Waals surface area (Å²) in [4.78, 5) is 0. The minimum absolute atomic E-state index is 0.573. The largest absolute Gasteiger partial charge is 0.377 e. The van der Waals surface area contributed by atoms with Crippen LogP contribution >= 0.6 is 0 Å². The molecule has 0 saturated carbocycles. The summed E-state index contributed by atoms with van der Waals surface area (Å²) in [7, 11) is 0. The predicted octanol–water partition coefficient (Wildman–Crippen LogP) is 1.64. The minimum Gasteiger partial charge on any atom is -0.377 e. The summed E-state index contributed by atoms with van der Waals surface area (Å²) in [5, 5.41) is 8.38. The maximum Gasteiger partial charge on any atom is 0.0666 e. The second kappa shape index (κ2) is 4.08. The lowest BCUT2D eigenvalue weighted by molar-refractivity contribution is 0.165. The number of rotatable bonds is 1. The van der Waals surface area contributed by atoms with Gasteiger partial charge >= 0.3 is 0 Å². The highest BCUT2D eigenvalue weighted by Gasteiger charge is 2.00. The maximum atomic E-state index is 8.38. The van der Waals surface area contributed by atoms with Gasteiger partial charge < -0.3 is 4.74 Å². The topological polar surface area (TPSA) is 33.0 Å². The molecule has 0 saturated heterocycles. The van der Waals surface area contributed by atoms with Crippen LogP contribution in [0, 0.1) is 11.3 Å². The Balaban J connectivity index is 2.40. The van der Waals surface area contributed by atoms with Gasteiger partial charge in [0.15, 0.2) is 0 Å². The molecule has 0 unspecified atom stereocenters. The van der Waals surface area contributed by atoms with Crippen molar-refractivity contribution in [1.29, 1.82) is 5.26 Å². The third kappa shape index (κ3) is 2.20. The lowest BCUT2D eigenvalue weighted by Crippen LogP contribution is -1.88. The van der Waals surface area contributed by atoms with Crippen molar-refractivity contribution in [2.45, 2.75) is 19.3 Å². The zero-order chi connectivity index (χ0) is 7.23. The molecule has 2 heteroatoms. The molecule has 0 amide bonds. The second-order valence-electron chi connectivity index (χ2n) is 2.38. The van der Waals surface area contributed by atoms with Gasteiger partial charge in [0.05, 0.1) is 19.1 Å². The molecular weight excluding hydrogens is 126 g/mol. The van der Waals surface area contributed by atoms with Crippen molar-refractivity contribution in [3.8, 4) is 6.07 Å². The van der Waals surface area contributed by atoms with Crippen molar-refractivity contribution >= 4 is 0 Å². The summed E-state index contributed by atoms with van der Waals surface area (Å²) in [6, 6.07) is 2.14. The Kier molecular flexibility index (Phi) is 2.98. The van der Waals surface area contributed by atoms with Gasteiger partial charge in [0.1, 0.15) is 0 Å². The van der Waals surface area contributed by atoms with Crippen LogP contribution in [0.15, 0.2) is 11.6 Å². The number of hydrogen-bond donors (Lipinski definition) is 0. The molecular formula is C8H11NO. The Labute approximate surface area is 61.1 Å². The van der Waals surface area contributed by atoms with E-state index in [1.807, 2.05) is 6.08 Å². The quantitative estimate of drug-likeness (QED) is 0.515. The van der Waals surface area contributed by atoms with Crippen molar-refractivity contribution in [2.24, 2.45) is 0 Å². The van der Waals surface area contributed by atoms with Crippen LogP contribution in [0.5, 0.6) is 0 Å².